The molecule has 0 saturated carbocycles. The maximum absolute atomic E-state index is 11.8. The Morgan fingerprint density at radius 3 is 2.58 bits per heavy atom. The third kappa shape index (κ3) is 3.41. The van der Waals surface area contributed by atoms with Crippen LogP contribution in [-0.2, 0) is 20.7 Å². The van der Waals surface area contributed by atoms with E-state index in [0.29, 0.717) is 6.61 Å². The molecule has 0 amide bonds. The molecule has 19 heavy (non-hydrogen) atoms. The number of hydrogen-bond acceptors (Lipinski definition) is 3. The lowest BCUT2D eigenvalue weighted by atomic mass is 9.99. The number of esters is 1. The fourth-order valence-corrected chi connectivity index (χ4v) is 2.09. The number of fused-ring (bicyclic) bond motifs is 1. The van der Waals surface area contributed by atoms with Crippen molar-refractivity contribution in [2.24, 2.45) is 0 Å². The van der Waals surface area contributed by atoms with Crippen LogP contribution in [0.4, 0.5) is 0 Å². The zero-order chi connectivity index (χ0) is 13.7. The Balaban J connectivity index is 2.13. The second kappa shape index (κ2) is 6.14. The molecule has 98 valence electrons. The fourth-order valence-electron chi connectivity index (χ4n) is 2.09. The molecule has 0 fully saturated rings. The maximum Gasteiger partial charge on any atom is 0.313 e. The number of carbonyl (C=O) groups is 2. The van der Waals surface area contributed by atoms with Crippen molar-refractivity contribution in [3.63, 3.8) is 0 Å². The summed E-state index contributed by atoms with van der Waals surface area (Å²) in [4.78, 5) is 23.1. The second-order valence-corrected chi connectivity index (χ2v) is 4.34. The largest absolute Gasteiger partial charge is 0.466 e. The quantitative estimate of drug-likeness (QED) is 0.610. The van der Waals surface area contributed by atoms with Crippen LogP contribution in [0.25, 0.3) is 10.8 Å². The standard InChI is InChI=1S/C16H16O3/c1-2-19-16(18)11-14(17)10-13-8-5-7-12-6-3-4-9-15(12)13/h3-9H,2,10-11H2,1H3. The van der Waals surface area contributed by atoms with E-state index in [2.05, 4.69) is 0 Å². The predicted octanol–water partition coefficient (Wildman–Crippen LogP) is 2.90. The van der Waals surface area contributed by atoms with Gasteiger partial charge in [-0.05, 0) is 23.3 Å². The summed E-state index contributed by atoms with van der Waals surface area (Å²) in [6, 6.07) is 13.8. The molecule has 0 atom stereocenters. The monoisotopic (exact) mass is 256 g/mol. The van der Waals surface area contributed by atoms with Gasteiger partial charge in [-0.25, -0.2) is 0 Å². The van der Waals surface area contributed by atoms with Crippen LogP contribution in [0.3, 0.4) is 0 Å². The smallest absolute Gasteiger partial charge is 0.313 e. The molecule has 0 aliphatic heterocycles. The van der Waals surface area contributed by atoms with Gasteiger partial charge in [0.25, 0.3) is 0 Å². The lowest BCUT2D eigenvalue weighted by Gasteiger charge is -2.06. The molecule has 0 aromatic heterocycles. The van der Waals surface area contributed by atoms with Gasteiger partial charge in [0.1, 0.15) is 12.2 Å². The Bertz CT molecular complexity index is 596. The van der Waals surface area contributed by atoms with E-state index in [9.17, 15) is 9.59 Å². The molecular weight excluding hydrogens is 240 g/mol. The molecule has 0 aliphatic carbocycles. The second-order valence-electron chi connectivity index (χ2n) is 4.34. The minimum absolute atomic E-state index is 0.116. The first-order chi connectivity index (χ1) is 9.20. The van der Waals surface area contributed by atoms with Gasteiger partial charge in [-0.3, -0.25) is 9.59 Å². The lowest BCUT2D eigenvalue weighted by Crippen LogP contribution is -2.13. The summed E-state index contributed by atoms with van der Waals surface area (Å²) in [7, 11) is 0. The molecular formula is C16H16O3. The Hall–Kier alpha value is -2.16. The average molecular weight is 256 g/mol. The van der Waals surface area contributed by atoms with Gasteiger partial charge in [0.05, 0.1) is 6.61 Å². The number of ketones is 1. The highest BCUT2D eigenvalue weighted by molar-refractivity contribution is 5.98. The van der Waals surface area contributed by atoms with E-state index in [4.69, 9.17) is 4.74 Å². The van der Waals surface area contributed by atoms with Crippen LogP contribution in [0.1, 0.15) is 18.9 Å². The third-order valence-corrected chi connectivity index (χ3v) is 2.91. The van der Waals surface area contributed by atoms with Gasteiger partial charge in [-0.15, -0.1) is 0 Å². The number of rotatable bonds is 5. The number of Topliss-reactive ketones (excluding diaryl/α,β-unsaturated/α-hetero) is 1. The van der Waals surface area contributed by atoms with Crippen molar-refractivity contribution in [1.29, 1.82) is 0 Å². The van der Waals surface area contributed by atoms with E-state index in [1.807, 2.05) is 42.5 Å². The summed E-state index contributed by atoms with van der Waals surface area (Å²) >= 11 is 0. The fraction of sp³-hybridized carbons (Fsp3) is 0.250. The van der Waals surface area contributed by atoms with Crippen LogP contribution in [0.5, 0.6) is 0 Å². The van der Waals surface area contributed by atoms with Crippen molar-refractivity contribution in [3.05, 3.63) is 48.0 Å². The van der Waals surface area contributed by atoms with Crippen molar-refractivity contribution >= 4 is 22.5 Å². The van der Waals surface area contributed by atoms with E-state index in [1.54, 1.807) is 6.92 Å². The Morgan fingerprint density at radius 1 is 1.05 bits per heavy atom. The summed E-state index contributed by atoms with van der Waals surface area (Å²) in [6.07, 6.45) is 0.108. The molecule has 0 radical (unpaired) electrons. The zero-order valence-corrected chi connectivity index (χ0v) is 10.9. The molecule has 0 saturated heterocycles. The normalized spacial score (nSPS) is 10.4. The molecule has 2 aromatic carbocycles. The predicted molar refractivity (Wildman–Crippen MR) is 73.9 cm³/mol. The van der Waals surface area contributed by atoms with Crippen LogP contribution in [-0.4, -0.2) is 18.4 Å². The van der Waals surface area contributed by atoms with E-state index < -0.39 is 5.97 Å². The summed E-state index contributed by atoms with van der Waals surface area (Å²) in [5.41, 5.74) is 0.951. The number of ether oxygens (including phenoxy) is 1. The average Bonchev–Trinajstić information content (AvgIpc) is 2.39. The van der Waals surface area contributed by atoms with Crippen LogP contribution in [0.2, 0.25) is 0 Å². The number of hydrogen-bond donors (Lipinski definition) is 0. The van der Waals surface area contributed by atoms with E-state index >= 15 is 0 Å². The molecule has 0 spiro atoms. The molecule has 2 aromatic rings. The first-order valence-electron chi connectivity index (χ1n) is 6.34. The van der Waals surface area contributed by atoms with Crippen LogP contribution in [0.15, 0.2) is 42.5 Å². The van der Waals surface area contributed by atoms with Crippen molar-refractivity contribution in [2.45, 2.75) is 19.8 Å². The van der Waals surface area contributed by atoms with Crippen LogP contribution < -0.4 is 0 Å². The third-order valence-electron chi connectivity index (χ3n) is 2.91. The Kier molecular flexibility index (Phi) is 4.29. The van der Waals surface area contributed by atoms with Crippen LogP contribution >= 0.6 is 0 Å². The summed E-state index contributed by atoms with van der Waals surface area (Å²) < 4.78 is 4.78. The van der Waals surface area contributed by atoms with Gasteiger partial charge in [0.2, 0.25) is 0 Å². The molecule has 3 heteroatoms. The minimum atomic E-state index is -0.451. The summed E-state index contributed by atoms with van der Waals surface area (Å²) in [5.74, 6) is -0.567. The Morgan fingerprint density at radius 2 is 1.79 bits per heavy atom. The number of benzene rings is 2. The first kappa shape index (κ1) is 13.3. The highest BCUT2D eigenvalue weighted by atomic mass is 16.5. The van der Waals surface area contributed by atoms with E-state index in [1.165, 1.54) is 0 Å². The molecule has 0 unspecified atom stereocenters. The maximum atomic E-state index is 11.8. The van der Waals surface area contributed by atoms with Crippen LogP contribution in [0, 0.1) is 0 Å². The van der Waals surface area contributed by atoms with Gasteiger partial charge in [0.15, 0.2) is 0 Å². The molecule has 3 nitrogen and oxygen atoms in total. The van der Waals surface area contributed by atoms with Gasteiger partial charge in [-0.2, -0.15) is 0 Å². The van der Waals surface area contributed by atoms with E-state index in [0.717, 1.165) is 16.3 Å². The highest BCUT2D eigenvalue weighted by Gasteiger charge is 2.12. The van der Waals surface area contributed by atoms with Crippen molar-refractivity contribution in [2.75, 3.05) is 6.61 Å². The SMILES string of the molecule is CCOC(=O)CC(=O)Cc1cccc2ccccc12. The Labute approximate surface area is 112 Å². The summed E-state index contributed by atoms with van der Waals surface area (Å²) in [5, 5.41) is 2.16. The van der Waals surface area contributed by atoms with Crippen molar-refractivity contribution in [1.82, 2.24) is 0 Å². The minimum Gasteiger partial charge on any atom is -0.466 e. The van der Waals surface area contributed by atoms with Gasteiger partial charge in [-0.1, -0.05) is 42.5 Å². The number of carbonyl (C=O) groups excluding carboxylic acids is 2. The highest BCUT2D eigenvalue weighted by Crippen LogP contribution is 2.19. The van der Waals surface area contributed by atoms with E-state index in [-0.39, 0.29) is 18.6 Å². The molecule has 0 N–H and O–H groups in total. The molecule has 0 aliphatic rings. The first-order valence-corrected chi connectivity index (χ1v) is 6.34. The summed E-state index contributed by atoms with van der Waals surface area (Å²) in [6.45, 7) is 2.04. The van der Waals surface area contributed by atoms with Crippen molar-refractivity contribution < 1.29 is 14.3 Å². The topological polar surface area (TPSA) is 43.4 Å². The molecule has 0 heterocycles. The van der Waals surface area contributed by atoms with Gasteiger partial charge in [0, 0.05) is 6.42 Å². The molecule has 2 rings (SSSR count). The lowest BCUT2D eigenvalue weighted by molar-refractivity contribution is -0.145. The molecule has 0 bridgehead atoms. The zero-order valence-electron chi connectivity index (χ0n) is 10.9. The van der Waals surface area contributed by atoms with Gasteiger partial charge >= 0.3 is 5.97 Å². The van der Waals surface area contributed by atoms with Gasteiger partial charge < -0.3 is 4.74 Å². The van der Waals surface area contributed by atoms with Crippen molar-refractivity contribution in [3.8, 4) is 0 Å².